The molecule has 0 aliphatic heterocycles. The summed E-state index contributed by atoms with van der Waals surface area (Å²) in [6.07, 6.45) is -3.43. The number of alkyl halides is 3. The molecule has 16 heavy (non-hydrogen) atoms. The maximum atomic E-state index is 12.3. The molecule has 0 aliphatic carbocycles. The number of nitrogens with one attached hydrogen (secondary N) is 1. The summed E-state index contributed by atoms with van der Waals surface area (Å²) < 4.78 is 36.9. The molecule has 0 bridgehead atoms. The minimum Gasteiger partial charge on any atom is -0.394 e. The Morgan fingerprint density at radius 3 is 2.44 bits per heavy atom. The van der Waals surface area contributed by atoms with Crippen LogP contribution in [0.2, 0.25) is 0 Å². The van der Waals surface area contributed by atoms with Crippen molar-refractivity contribution in [1.29, 1.82) is 0 Å². The Bertz CT molecular complexity index is 340. The quantitative estimate of drug-likeness (QED) is 0.725. The van der Waals surface area contributed by atoms with Gasteiger partial charge in [0.1, 0.15) is 5.82 Å². The van der Waals surface area contributed by atoms with Crippen LogP contribution in [0.1, 0.15) is 5.56 Å². The zero-order valence-electron chi connectivity index (χ0n) is 8.20. The van der Waals surface area contributed by atoms with Crippen LogP contribution in [0.3, 0.4) is 0 Å². The van der Waals surface area contributed by atoms with Gasteiger partial charge in [-0.15, -0.1) is 0 Å². The van der Waals surface area contributed by atoms with Crippen LogP contribution in [-0.4, -0.2) is 34.5 Å². The van der Waals surface area contributed by atoms with E-state index < -0.39 is 31.0 Å². The molecule has 1 rings (SSSR count). The third-order valence-corrected chi connectivity index (χ3v) is 1.88. The van der Waals surface area contributed by atoms with Gasteiger partial charge in [-0.25, -0.2) is 4.98 Å². The van der Waals surface area contributed by atoms with Gasteiger partial charge in [0.25, 0.3) is 0 Å². The first-order valence-electron chi connectivity index (χ1n) is 4.49. The Kier molecular flexibility index (Phi) is 4.08. The van der Waals surface area contributed by atoms with Crippen LogP contribution in [0.5, 0.6) is 0 Å². The number of aromatic nitrogens is 1. The molecule has 0 aromatic carbocycles. The topological polar surface area (TPSA) is 65.4 Å². The number of aliphatic hydroxyl groups is 2. The molecule has 0 spiro atoms. The smallest absolute Gasteiger partial charge is 0.394 e. The van der Waals surface area contributed by atoms with E-state index >= 15 is 0 Å². The molecule has 7 heteroatoms. The third kappa shape index (κ3) is 3.35. The minimum absolute atomic E-state index is 0.0390. The number of rotatable bonds is 4. The van der Waals surface area contributed by atoms with Crippen LogP contribution < -0.4 is 5.32 Å². The molecule has 90 valence electrons. The molecule has 0 saturated carbocycles. The predicted octanol–water partition coefficient (Wildman–Crippen LogP) is 0.865. The molecule has 1 heterocycles. The maximum absolute atomic E-state index is 12.3. The monoisotopic (exact) mass is 236 g/mol. The molecule has 0 amide bonds. The van der Waals surface area contributed by atoms with Crippen molar-refractivity contribution in [3.63, 3.8) is 0 Å². The Hall–Kier alpha value is -1.34. The Labute approximate surface area is 89.7 Å². The molecule has 0 atom stereocenters. The fraction of sp³-hybridized carbons (Fsp3) is 0.444. The summed E-state index contributed by atoms with van der Waals surface area (Å²) >= 11 is 0. The zero-order valence-corrected chi connectivity index (χ0v) is 8.20. The van der Waals surface area contributed by atoms with Crippen molar-refractivity contribution in [3.05, 3.63) is 23.9 Å². The summed E-state index contributed by atoms with van der Waals surface area (Å²) in [4.78, 5) is 3.66. The molecular weight excluding hydrogens is 225 g/mol. The van der Waals surface area contributed by atoms with Gasteiger partial charge in [-0.05, 0) is 12.1 Å². The van der Waals surface area contributed by atoms with Crippen molar-refractivity contribution >= 4 is 5.82 Å². The van der Waals surface area contributed by atoms with Crippen molar-refractivity contribution in [2.45, 2.75) is 12.2 Å². The first-order valence-corrected chi connectivity index (χ1v) is 4.49. The van der Waals surface area contributed by atoms with Crippen LogP contribution in [0.25, 0.3) is 0 Å². The minimum atomic E-state index is -4.44. The SMILES string of the molecule is OCC(CO)Nc1cc(C(F)(F)F)ccn1. The summed E-state index contributed by atoms with van der Waals surface area (Å²) in [5, 5.41) is 20.0. The lowest BCUT2D eigenvalue weighted by atomic mass is 10.2. The summed E-state index contributed by atoms with van der Waals surface area (Å²) in [7, 11) is 0. The van der Waals surface area contributed by atoms with Crippen LogP contribution in [0.4, 0.5) is 19.0 Å². The highest BCUT2D eigenvalue weighted by Gasteiger charge is 2.30. The van der Waals surface area contributed by atoms with E-state index in [0.29, 0.717) is 0 Å². The summed E-state index contributed by atoms with van der Waals surface area (Å²) in [5.41, 5.74) is -0.834. The fourth-order valence-electron chi connectivity index (χ4n) is 1.04. The molecule has 3 N–H and O–H groups in total. The Morgan fingerprint density at radius 2 is 1.94 bits per heavy atom. The van der Waals surface area contributed by atoms with E-state index in [1.807, 2.05) is 0 Å². The number of nitrogens with zero attached hydrogens (tertiary/aromatic N) is 1. The summed E-state index contributed by atoms with van der Waals surface area (Å²) in [6.45, 7) is -0.789. The van der Waals surface area contributed by atoms with Crippen LogP contribution in [-0.2, 0) is 6.18 Å². The second kappa shape index (κ2) is 5.13. The van der Waals surface area contributed by atoms with Crippen molar-refractivity contribution in [2.24, 2.45) is 0 Å². The van der Waals surface area contributed by atoms with Gasteiger partial charge < -0.3 is 15.5 Å². The van der Waals surface area contributed by atoms with Crippen LogP contribution >= 0.6 is 0 Å². The van der Waals surface area contributed by atoms with E-state index in [4.69, 9.17) is 10.2 Å². The fourth-order valence-corrected chi connectivity index (χ4v) is 1.04. The van der Waals surface area contributed by atoms with Crippen molar-refractivity contribution < 1.29 is 23.4 Å². The number of hydrogen-bond acceptors (Lipinski definition) is 4. The lowest BCUT2D eigenvalue weighted by molar-refractivity contribution is -0.137. The summed E-state index contributed by atoms with van der Waals surface area (Å²) in [6, 6.07) is 0.937. The standard InChI is InChI=1S/C9H11F3N2O2/c10-9(11,12)6-1-2-13-8(3-6)14-7(4-15)5-16/h1-3,7,15-16H,4-5H2,(H,13,14). The van der Waals surface area contributed by atoms with Crippen molar-refractivity contribution in [3.8, 4) is 0 Å². The average molecular weight is 236 g/mol. The van der Waals surface area contributed by atoms with Gasteiger partial charge in [-0.1, -0.05) is 0 Å². The molecular formula is C9H11F3N2O2. The predicted molar refractivity (Wildman–Crippen MR) is 50.8 cm³/mol. The zero-order chi connectivity index (χ0) is 12.2. The molecule has 0 aliphatic rings. The molecule has 0 fully saturated rings. The van der Waals surface area contributed by atoms with Gasteiger partial charge in [0.05, 0.1) is 24.8 Å². The Balaban J connectivity index is 2.82. The van der Waals surface area contributed by atoms with Gasteiger partial charge in [-0.2, -0.15) is 13.2 Å². The van der Waals surface area contributed by atoms with Crippen molar-refractivity contribution in [1.82, 2.24) is 4.98 Å². The highest BCUT2D eigenvalue weighted by molar-refractivity contribution is 5.39. The first-order chi connectivity index (χ1) is 7.47. The van der Waals surface area contributed by atoms with E-state index in [9.17, 15) is 13.2 Å². The molecule has 1 aromatic rings. The largest absolute Gasteiger partial charge is 0.416 e. The highest BCUT2D eigenvalue weighted by atomic mass is 19.4. The molecule has 1 aromatic heterocycles. The van der Waals surface area contributed by atoms with Gasteiger partial charge >= 0.3 is 6.18 Å². The molecule has 0 unspecified atom stereocenters. The molecule has 0 saturated heterocycles. The van der Waals surface area contributed by atoms with Crippen molar-refractivity contribution in [2.75, 3.05) is 18.5 Å². The van der Waals surface area contributed by atoms with Gasteiger partial charge in [-0.3, -0.25) is 0 Å². The van der Waals surface area contributed by atoms with Gasteiger partial charge in [0.2, 0.25) is 0 Å². The Morgan fingerprint density at radius 1 is 1.31 bits per heavy atom. The van der Waals surface area contributed by atoms with E-state index in [2.05, 4.69) is 10.3 Å². The lowest BCUT2D eigenvalue weighted by Crippen LogP contribution is -2.28. The van der Waals surface area contributed by atoms with Crippen LogP contribution in [0, 0.1) is 0 Å². The third-order valence-electron chi connectivity index (χ3n) is 1.88. The van der Waals surface area contributed by atoms with Crippen LogP contribution in [0.15, 0.2) is 18.3 Å². The van der Waals surface area contributed by atoms with E-state index in [0.717, 1.165) is 18.3 Å². The van der Waals surface area contributed by atoms with Gasteiger partial charge in [0.15, 0.2) is 0 Å². The summed E-state index contributed by atoms with van der Waals surface area (Å²) in [5.74, 6) is -0.0390. The number of anilines is 1. The highest BCUT2D eigenvalue weighted by Crippen LogP contribution is 2.29. The second-order valence-electron chi connectivity index (χ2n) is 3.13. The normalized spacial score (nSPS) is 11.9. The first kappa shape index (κ1) is 12.7. The second-order valence-corrected chi connectivity index (χ2v) is 3.13. The maximum Gasteiger partial charge on any atom is 0.416 e. The average Bonchev–Trinajstić information content (AvgIpc) is 2.25. The van der Waals surface area contributed by atoms with Gasteiger partial charge in [0, 0.05) is 6.20 Å². The number of hydrogen-bond donors (Lipinski definition) is 3. The number of aliphatic hydroxyl groups excluding tert-OH is 2. The number of halogens is 3. The van der Waals surface area contributed by atoms with E-state index in [1.165, 1.54) is 0 Å². The number of pyridine rings is 1. The van der Waals surface area contributed by atoms with E-state index in [-0.39, 0.29) is 5.82 Å². The molecule has 0 radical (unpaired) electrons. The lowest BCUT2D eigenvalue weighted by Gasteiger charge is -2.15. The van der Waals surface area contributed by atoms with E-state index in [1.54, 1.807) is 0 Å². The molecule has 4 nitrogen and oxygen atoms in total.